The molecule has 1 aromatic carbocycles. The van der Waals surface area contributed by atoms with Crippen molar-refractivity contribution in [3.63, 3.8) is 0 Å². The van der Waals surface area contributed by atoms with Crippen LogP contribution in [0.1, 0.15) is 17.3 Å². The largest absolute Gasteiger partial charge is 0.492 e. The van der Waals surface area contributed by atoms with Crippen LogP contribution in [-0.2, 0) is 9.47 Å². The maximum Gasteiger partial charge on any atom is 0.338 e. The van der Waals surface area contributed by atoms with Gasteiger partial charge in [0.05, 0.1) is 11.8 Å². The maximum absolute atomic E-state index is 11.7. The fraction of sp³-hybridized carbons (Fsp3) is 0.357. The van der Waals surface area contributed by atoms with Gasteiger partial charge in [-0.1, -0.05) is 25.1 Å². The number of ether oxygens (including phenoxy) is 2. The van der Waals surface area contributed by atoms with Crippen molar-refractivity contribution >= 4 is 5.97 Å². The summed E-state index contributed by atoms with van der Waals surface area (Å²) in [6.45, 7) is 1.93. The molecule has 1 aromatic rings. The molecule has 0 spiro atoms. The van der Waals surface area contributed by atoms with E-state index in [2.05, 4.69) is 0 Å². The Bertz CT molecular complexity index is 427. The number of hydrogen-bond donors (Lipinski definition) is 1. The zero-order valence-electron chi connectivity index (χ0n) is 10.2. The Kier molecular flexibility index (Phi) is 3.99. The average Bonchev–Trinajstić information content (AvgIpc) is 2.41. The molecule has 0 radical (unpaired) electrons. The predicted molar refractivity (Wildman–Crippen MR) is 65.9 cm³/mol. The van der Waals surface area contributed by atoms with Crippen LogP contribution in [0.4, 0.5) is 0 Å². The van der Waals surface area contributed by atoms with Crippen LogP contribution in [0.5, 0.6) is 0 Å². The van der Waals surface area contributed by atoms with Gasteiger partial charge in [-0.25, -0.2) is 4.79 Å². The van der Waals surface area contributed by atoms with Crippen molar-refractivity contribution in [2.24, 2.45) is 5.92 Å². The normalized spacial score (nSPS) is 26.4. The standard InChI is InChI=1S/C14H16O4/c1-10-7-8-17-12(13(10)15)9-18-14(16)11-5-3-2-4-6-11/h2-8,10,12-13,15H,9H2,1H3/t10-,12?,13-/m0/s1. The summed E-state index contributed by atoms with van der Waals surface area (Å²) in [5.41, 5.74) is 0.492. The van der Waals surface area contributed by atoms with Crippen LogP contribution in [0.3, 0.4) is 0 Å². The highest BCUT2D eigenvalue weighted by atomic mass is 16.6. The van der Waals surface area contributed by atoms with Gasteiger partial charge in [-0.15, -0.1) is 0 Å². The minimum Gasteiger partial charge on any atom is -0.492 e. The van der Waals surface area contributed by atoms with Gasteiger partial charge in [0, 0.05) is 5.92 Å². The van der Waals surface area contributed by atoms with Crippen molar-refractivity contribution < 1.29 is 19.4 Å². The molecule has 0 saturated carbocycles. The van der Waals surface area contributed by atoms with Crippen LogP contribution < -0.4 is 0 Å². The second kappa shape index (κ2) is 5.69. The second-order valence-corrected chi connectivity index (χ2v) is 4.32. The fourth-order valence-electron chi connectivity index (χ4n) is 1.76. The molecule has 0 fully saturated rings. The molecule has 1 unspecified atom stereocenters. The third-order valence-electron chi connectivity index (χ3n) is 2.94. The van der Waals surface area contributed by atoms with E-state index in [0.29, 0.717) is 5.56 Å². The summed E-state index contributed by atoms with van der Waals surface area (Å²) in [5, 5.41) is 9.85. The smallest absolute Gasteiger partial charge is 0.338 e. The highest BCUT2D eigenvalue weighted by Gasteiger charge is 2.28. The summed E-state index contributed by atoms with van der Waals surface area (Å²) in [7, 11) is 0. The summed E-state index contributed by atoms with van der Waals surface area (Å²) >= 11 is 0. The SMILES string of the molecule is C[C@H]1C=COC(COC(=O)c2ccccc2)[C@H]1O. The van der Waals surface area contributed by atoms with Crippen LogP contribution >= 0.6 is 0 Å². The van der Waals surface area contributed by atoms with E-state index in [4.69, 9.17) is 9.47 Å². The van der Waals surface area contributed by atoms with Crippen LogP contribution in [0, 0.1) is 5.92 Å². The number of esters is 1. The van der Waals surface area contributed by atoms with E-state index < -0.39 is 18.2 Å². The Labute approximate surface area is 106 Å². The molecular formula is C14H16O4. The van der Waals surface area contributed by atoms with Crippen molar-refractivity contribution in [1.29, 1.82) is 0 Å². The summed E-state index contributed by atoms with van der Waals surface area (Å²) in [6.07, 6.45) is 2.16. The highest BCUT2D eigenvalue weighted by molar-refractivity contribution is 5.89. The number of rotatable bonds is 3. The second-order valence-electron chi connectivity index (χ2n) is 4.32. The zero-order valence-corrected chi connectivity index (χ0v) is 10.2. The van der Waals surface area contributed by atoms with Crippen molar-refractivity contribution in [3.05, 3.63) is 48.2 Å². The van der Waals surface area contributed by atoms with E-state index in [9.17, 15) is 9.90 Å². The Balaban J connectivity index is 1.89. The molecule has 1 N–H and O–H groups in total. The van der Waals surface area contributed by atoms with E-state index in [1.807, 2.05) is 13.0 Å². The lowest BCUT2D eigenvalue weighted by Gasteiger charge is -2.28. The van der Waals surface area contributed by atoms with Crippen molar-refractivity contribution in [2.75, 3.05) is 6.61 Å². The van der Waals surface area contributed by atoms with E-state index in [-0.39, 0.29) is 12.5 Å². The third-order valence-corrected chi connectivity index (χ3v) is 2.94. The molecule has 18 heavy (non-hydrogen) atoms. The molecule has 0 aromatic heterocycles. The van der Waals surface area contributed by atoms with E-state index in [1.54, 1.807) is 36.6 Å². The monoisotopic (exact) mass is 248 g/mol. The zero-order chi connectivity index (χ0) is 13.0. The molecular weight excluding hydrogens is 232 g/mol. The topological polar surface area (TPSA) is 55.8 Å². The molecule has 96 valence electrons. The number of carbonyl (C=O) groups is 1. The van der Waals surface area contributed by atoms with E-state index in [0.717, 1.165) is 0 Å². The number of hydrogen-bond acceptors (Lipinski definition) is 4. The van der Waals surface area contributed by atoms with Crippen LogP contribution in [0.25, 0.3) is 0 Å². The Morgan fingerprint density at radius 3 is 2.83 bits per heavy atom. The van der Waals surface area contributed by atoms with Gasteiger partial charge in [-0.05, 0) is 18.2 Å². The molecule has 1 aliphatic rings. The Morgan fingerprint density at radius 1 is 1.39 bits per heavy atom. The van der Waals surface area contributed by atoms with Crippen molar-refractivity contribution in [1.82, 2.24) is 0 Å². The van der Waals surface area contributed by atoms with Crippen LogP contribution in [0.2, 0.25) is 0 Å². The lowest BCUT2D eigenvalue weighted by Crippen LogP contribution is -2.39. The summed E-state index contributed by atoms with van der Waals surface area (Å²) in [5.74, 6) is -0.409. The molecule has 0 saturated heterocycles. The molecule has 0 amide bonds. The molecule has 2 rings (SSSR count). The van der Waals surface area contributed by atoms with Gasteiger partial charge in [0.25, 0.3) is 0 Å². The van der Waals surface area contributed by atoms with Gasteiger partial charge in [0.2, 0.25) is 0 Å². The summed E-state index contributed by atoms with van der Waals surface area (Å²) in [6, 6.07) is 8.74. The quantitative estimate of drug-likeness (QED) is 0.828. The fourth-order valence-corrected chi connectivity index (χ4v) is 1.76. The summed E-state index contributed by atoms with van der Waals surface area (Å²) < 4.78 is 10.4. The molecule has 0 bridgehead atoms. The Hall–Kier alpha value is -1.81. The summed E-state index contributed by atoms with van der Waals surface area (Å²) in [4.78, 5) is 11.7. The van der Waals surface area contributed by atoms with Gasteiger partial charge >= 0.3 is 5.97 Å². The minimum atomic E-state index is -0.654. The van der Waals surface area contributed by atoms with Gasteiger partial charge in [-0.2, -0.15) is 0 Å². The first-order valence-corrected chi connectivity index (χ1v) is 5.91. The average molecular weight is 248 g/mol. The minimum absolute atomic E-state index is 0.000762. The predicted octanol–water partition coefficient (Wildman–Crippen LogP) is 1.75. The third kappa shape index (κ3) is 2.90. The lowest BCUT2D eigenvalue weighted by molar-refractivity contribution is -0.0575. The van der Waals surface area contributed by atoms with E-state index >= 15 is 0 Å². The molecule has 4 heteroatoms. The molecule has 0 aliphatic carbocycles. The molecule has 3 atom stereocenters. The number of aliphatic hydroxyl groups excluding tert-OH is 1. The van der Waals surface area contributed by atoms with Crippen molar-refractivity contribution in [3.8, 4) is 0 Å². The Morgan fingerprint density at radius 2 is 2.11 bits per heavy atom. The maximum atomic E-state index is 11.7. The molecule has 4 nitrogen and oxygen atoms in total. The number of aliphatic hydroxyl groups is 1. The first-order chi connectivity index (χ1) is 8.68. The number of benzene rings is 1. The first kappa shape index (κ1) is 12.6. The molecule has 1 heterocycles. The van der Waals surface area contributed by atoms with E-state index in [1.165, 1.54) is 0 Å². The van der Waals surface area contributed by atoms with Crippen LogP contribution in [-0.4, -0.2) is 29.9 Å². The lowest BCUT2D eigenvalue weighted by atomic mass is 9.98. The van der Waals surface area contributed by atoms with Crippen molar-refractivity contribution in [2.45, 2.75) is 19.1 Å². The first-order valence-electron chi connectivity index (χ1n) is 5.91. The number of carbonyl (C=O) groups excluding carboxylic acids is 1. The van der Waals surface area contributed by atoms with Crippen LogP contribution in [0.15, 0.2) is 42.7 Å². The highest BCUT2D eigenvalue weighted by Crippen LogP contribution is 2.18. The van der Waals surface area contributed by atoms with Gasteiger partial charge < -0.3 is 14.6 Å². The van der Waals surface area contributed by atoms with Gasteiger partial charge in [0.15, 0.2) is 6.10 Å². The van der Waals surface area contributed by atoms with Gasteiger partial charge in [0.1, 0.15) is 12.7 Å². The molecule has 1 aliphatic heterocycles. The van der Waals surface area contributed by atoms with Gasteiger partial charge in [-0.3, -0.25) is 0 Å².